The van der Waals surface area contributed by atoms with Crippen LogP contribution in [0.4, 0.5) is 10.1 Å². The van der Waals surface area contributed by atoms with Gasteiger partial charge in [0.15, 0.2) is 0 Å². The topological polar surface area (TPSA) is 23.5 Å². The summed E-state index contributed by atoms with van der Waals surface area (Å²) in [6.45, 7) is 2.20. The van der Waals surface area contributed by atoms with Gasteiger partial charge in [-0.25, -0.2) is 4.39 Å². The van der Waals surface area contributed by atoms with Gasteiger partial charge in [-0.3, -0.25) is 0 Å². The van der Waals surface area contributed by atoms with Crippen molar-refractivity contribution >= 4 is 5.69 Å². The Morgan fingerprint density at radius 1 is 1.11 bits per heavy atom. The van der Waals surface area contributed by atoms with Crippen LogP contribution in [0.25, 0.3) is 0 Å². The molecule has 2 nitrogen and oxygen atoms in total. The maximum Gasteiger partial charge on any atom is 0.128 e. The van der Waals surface area contributed by atoms with Crippen LogP contribution >= 0.6 is 0 Å². The van der Waals surface area contributed by atoms with Crippen LogP contribution in [0.1, 0.15) is 24.2 Å². The van der Waals surface area contributed by atoms with Gasteiger partial charge in [0.05, 0.1) is 6.10 Å². The highest BCUT2D eigenvalue weighted by molar-refractivity contribution is 5.54. The van der Waals surface area contributed by atoms with Gasteiger partial charge in [0, 0.05) is 30.4 Å². The van der Waals surface area contributed by atoms with Crippen molar-refractivity contribution in [2.75, 3.05) is 11.9 Å². The molecule has 0 amide bonds. The molecule has 2 aromatic rings. The summed E-state index contributed by atoms with van der Waals surface area (Å²) in [5, 5.41) is 9.77. The highest BCUT2D eigenvalue weighted by Crippen LogP contribution is 2.26. The summed E-state index contributed by atoms with van der Waals surface area (Å²) in [5.74, 6) is -0.205. The fourth-order valence-corrected chi connectivity index (χ4v) is 2.16. The Morgan fingerprint density at radius 3 is 2.42 bits per heavy atom. The Morgan fingerprint density at radius 2 is 1.74 bits per heavy atom. The molecular formula is C16H18FNO. The molecule has 0 unspecified atom stereocenters. The summed E-state index contributed by atoms with van der Waals surface area (Å²) in [4.78, 5) is 1.94. The minimum Gasteiger partial charge on any atom is -0.389 e. The van der Waals surface area contributed by atoms with E-state index in [9.17, 15) is 9.50 Å². The number of nitrogens with zero attached hydrogens (tertiary/aromatic N) is 1. The monoisotopic (exact) mass is 259 g/mol. The van der Waals surface area contributed by atoms with Gasteiger partial charge in [-0.05, 0) is 19.1 Å². The van der Waals surface area contributed by atoms with Crippen LogP contribution in [0.15, 0.2) is 48.5 Å². The zero-order chi connectivity index (χ0) is 13.8. The van der Waals surface area contributed by atoms with Gasteiger partial charge in [0.25, 0.3) is 0 Å². The number of aliphatic hydroxyl groups is 1. The van der Waals surface area contributed by atoms with Gasteiger partial charge in [-0.1, -0.05) is 36.4 Å². The molecule has 3 heteroatoms. The second-order valence-electron chi connectivity index (χ2n) is 4.68. The second-order valence-corrected chi connectivity index (χ2v) is 4.68. The van der Waals surface area contributed by atoms with Crippen molar-refractivity contribution in [3.63, 3.8) is 0 Å². The molecular weight excluding hydrogens is 241 g/mol. The Balaban J connectivity index is 2.26. The summed E-state index contributed by atoms with van der Waals surface area (Å²) in [6, 6.07) is 14.4. The van der Waals surface area contributed by atoms with Crippen molar-refractivity contribution in [1.29, 1.82) is 0 Å². The first kappa shape index (κ1) is 13.6. The fourth-order valence-electron chi connectivity index (χ4n) is 2.16. The number of rotatable bonds is 4. The molecule has 0 aromatic heterocycles. The van der Waals surface area contributed by atoms with Crippen molar-refractivity contribution in [3.8, 4) is 0 Å². The Hall–Kier alpha value is -1.87. The lowest BCUT2D eigenvalue weighted by molar-refractivity contribution is 0.199. The number of benzene rings is 2. The molecule has 0 heterocycles. The number of anilines is 1. The summed E-state index contributed by atoms with van der Waals surface area (Å²) in [5.41, 5.74) is 2.41. The third-order valence-corrected chi connectivity index (χ3v) is 3.16. The molecule has 2 aromatic carbocycles. The van der Waals surface area contributed by atoms with Gasteiger partial charge in [-0.2, -0.15) is 0 Å². The molecule has 0 bridgehead atoms. The van der Waals surface area contributed by atoms with E-state index in [2.05, 4.69) is 0 Å². The normalized spacial score (nSPS) is 12.2. The van der Waals surface area contributed by atoms with Crippen LogP contribution in [-0.4, -0.2) is 12.2 Å². The molecule has 1 atom stereocenters. The fraction of sp³-hybridized carbons (Fsp3) is 0.250. The first-order valence-electron chi connectivity index (χ1n) is 6.31. The lowest BCUT2D eigenvalue weighted by Crippen LogP contribution is -2.19. The van der Waals surface area contributed by atoms with E-state index >= 15 is 0 Å². The predicted octanol–water partition coefficient (Wildman–Crippen LogP) is 3.52. The SMILES string of the molecule is C[C@H](O)c1ccccc1N(C)Cc1ccccc1F. The molecule has 0 aliphatic rings. The molecule has 0 fully saturated rings. The van der Waals surface area contributed by atoms with E-state index in [1.807, 2.05) is 42.3 Å². The third-order valence-electron chi connectivity index (χ3n) is 3.16. The predicted molar refractivity (Wildman–Crippen MR) is 75.6 cm³/mol. The van der Waals surface area contributed by atoms with Crippen LogP contribution in [0.2, 0.25) is 0 Å². The van der Waals surface area contributed by atoms with E-state index in [4.69, 9.17) is 0 Å². The largest absolute Gasteiger partial charge is 0.389 e. The second kappa shape index (κ2) is 5.85. The zero-order valence-electron chi connectivity index (χ0n) is 11.2. The molecule has 0 saturated heterocycles. The summed E-state index contributed by atoms with van der Waals surface area (Å²) < 4.78 is 13.6. The Bertz CT molecular complexity index is 554. The van der Waals surface area contributed by atoms with Crippen molar-refractivity contribution in [2.45, 2.75) is 19.6 Å². The average molecular weight is 259 g/mol. The minimum absolute atomic E-state index is 0.205. The highest BCUT2D eigenvalue weighted by Gasteiger charge is 2.12. The third kappa shape index (κ3) is 3.12. The molecule has 0 radical (unpaired) electrons. The number of halogens is 1. The maximum atomic E-state index is 13.6. The molecule has 0 aliphatic carbocycles. The van der Waals surface area contributed by atoms with Crippen LogP contribution < -0.4 is 4.90 Å². The average Bonchev–Trinajstić information content (AvgIpc) is 2.41. The van der Waals surface area contributed by atoms with Gasteiger partial charge >= 0.3 is 0 Å². The first-order valence-corrected chi connectivity index (χ1v) is 6.31. The van der Waals surface area contributed by atoms with Gasteiger partial charge in [-0.15, -0.1) is 0 Å². The first-order chi connectivity index (χ1) is 9.09. The van der Waals surface area contributed by atoms with E-state index in [1.54, 1.807) is 19.1 Å². The number of hydrogen-bond donors (Lipinski definition) is 1. The number of para-hydroxylation sites is 1. The molecule has 0 spiro atoms. The number of aliphatic hydroxyl groups excluding tert-OH is 1. The maximum absolute atomic E-state index is 13.6. The smallest absolute Gasteiger partial charge is 0.128 e. The standard InChI is InChI=1S/C16H18FNO/c1-12(19)14-8-4-6-10-16(14)18(2)11-13-7-3-5-9-15(13)17/h3-10,12,19H,11H2,1-2H3/t12-/m0/s1. The summed E-state index contributed by atoms with van der Waals surface area (Å²) in [6.07, 6.45) is -0.542. The van der Waals surface area contributed by atoms with Crippen molar-refractivity contribution in [3.05, 3.63) is 65.5 Å². The highest BCUT2D eigenvalue weighted by atomic mass is 19.1. The van der Waals surface area contributed by atoms with Crippen LogP contribution in [0.3, 0.4) is 0 Å². The minimum atomic E-state index is -0.542. The zero-order valence-corrected chi connectivity index (χ0v) is 11.2. The van der Waals surface area contributed by atoms with E-state index in [1.165, 1.54) is 6.07 Å². The molecule has 1 N–H and O–H groups in total. The van der Waals surface area contributed by atoms with Crippen molar-refractivity contribution in [2.24, 2.45) is 0 Å². The van der Waals surface area contributed by atoms with Crippen LogP contribution in [0, 0.1) is 5.82 Å². The lowest BCUT2D eigenvalue weighted by Gasteiger charge is -2.23. The van der Waals surface area contributed by atoms with E-state index < -0.39 is 6.10 Å². The van der Waals surface area contributed by atoms with Crippen LogP contribution in [0.5, 0.6) is 0 Å². The molecule has 0 saturated carbocycles. The molecule has 100 valence electrons. The van der Waals surface area contributed by atoms with E-state index in [0.29, 0.717) is 12.1 Å². The number of hydrogen-bond acceptors (Lipinski definition) is 2. The molecule has 2 rings (SSSR count). The Kier molecular flexibility index (Phi) is 4.17. The van der Waals surface area contributed by atoms with E-state index in [-0.39, 0.29) is 5.82 Å². The molecule has 19 heavy (non-hydrogen) atoms. The quantitative estimate of drug-likeness (QED) is 0.908. The Labute approximate surface area is 113 Å². The summed E-state index contributed by atoms with van der Waals surface area (Å²) >= 11 is 0. The van der Waals surface area contributed by atoms with Crippen LogP contribution in [-0.2, 0) is 6.54 Å². The van der Waals surface area contributed by atoms with Gasteiger partial charge in [0.2, 0.25) is 0 Å². The summed E-state index contributed by atoms with van der Waals surface area (Å²) in [7, 11) is 1.90. The van der Waals surface area contributed by atoms with Gasteiger partial charge < -0.3 is 10.0 Å². The van der Waals surface area contributed by atoms with E-state index in [0.717, 1.165) is 11.3 Å². The van der Waals surface area contributed by atoms with Gasteiger partial charge in [0.1, 0.15) is 5.82 Å². The van der Waals surface area contributed by atoms with Crippen molar-refractivity contribution in [1.82, 2.24) is 0 Å². The van der Waals surface area contributed by atoms with Crippen molar-refractivity contribution < 1.29 is 9.50 Å². The lowest BCUT2D eigenvalue weighted by atomic mass is 10.1. The molecule has 0 aliphatic heterocycles.